The number of anilines is 1. The second-order valence-electron chi connectivity index (χ2n) is 3.16. The first kappa shape index (κ1) is 11.5. The molecule has 2 aromatic heterocycles. The molecule has 0 bridgehead atoms. The Morgan fingerprint density at radius 3 is 2.76 bits per heavy atom. The SMILES string of the molecule is O=C(Nc1ccc(F)nc1F)c1cc(Cl)c[nH]1. The molecule has 0 saturated heterocycles. The van der Waals surface area contributed by atoms with E-state index in [2.05, 4.69) is 15.3 Å². The maximum atomic E-state index is 13.1. The molecule has 0 atom stereocenters. The number of nitrogens with zero attached hydrogens (tertiary/aromatic N) is 1. The molecule has 0 radical (unpaired) electrons. The minimum atomic E-state index is -1.09. The molecule has 0 spiro atoms. The smallest absolute Gasteiger partial charge is 0.272 e. The van der Waals surface area contributed by atoms with E-state index in [0.29, 0.717) is 5.02 Å². The number of carbonyl (C=O) groups is 1. The lowest BCUT2D eigenvalue weighted by molar-refractivity contribution is 0.102. The van der Waals surface area contributed by atoms with E-state index in [1.54, 1.807) is 0 Å². The summed E-state index contributed by atoms with van der Waals surface area (Å²) in [6, 6.07) is 3.41. The Morgan fingerprint density at radius 1 is 1.41 bits per heavy atom. The van der Waals surface area contributed by atoms with Crippen LogP contribution in [0.2, 0.25) is 5.02 Å². The van der Waals surface area contributed by atoms with Crippen LogP contribution in [-0.2, 0) is 0 Å². The second kappa shape index (κ2) is 4.50. The number of pyridine rings is 1. The second-order valence-corrected chi connectivity index (χ2v) is 3.59. The fourth-order valence-electron chi connectivity index (χ4n) is 1.19. The van der Waals surface area contributed by atoms with Crippen LogP contribution in [-0.4, -0.2) is 15.9 Å². The number of aromatic nitrogens is 2. The normalized spacial score (nSPS) is 10.3. The molecule has 2 aromatic rings. The fourth-order valence-corrected chi connectivity index (χ4v) is 1.36. The van der Waals surface area contributed by atoms with Crippen LogP contribution in [0.3, 0.4) is 0 Å². The minimum absolute atomic E-state index is 0.165. The third-order valence-corrected chi connectivity index (χ3v) is 2.17. The van der Waals surface area contributed by atoms with Crippen molar-refractivity contribution in [2.24, 2.45) is 0 Å². The van der Waals surface area contributed by atoms with E-state index < -0.39 is 17.8 Å². The average molecular weight is 258 g/mol. The van der Waals surface area contributed by atoms with E-state index in [1.165, 1.54) is 12.3 Å². The molecular formula is C10H6ClF2N3O. The third kappa shape index (κ3) is 2.59. The molecule has 0 aliphatic heterocycles. The molecule has 7 heteroatoms. The van der Waals surface area contributed by atoms with E-state index in [-0.39, 0.29) is 11.4 Å². The van der Waals surface area contributed by atoms with Gasteiger partial charge < -0.3 is 10.3 Å². The summed E-state index contributed by atoms with van der Waals surface area (Å²) in [5.41, 5.74) is -0.0409. The minimum Gasteiger partial charge on any atom is -0.356 e. The maximum absolute atomic E-state index is 13.1. The van der Waals surface area contributed by atoms with Gasteiger partial charge in [-0.25, -0.2) is 0 Å². The van der Waals surface area contributed by atoms with Crippen LogP contribution in [0, 0.1) is 11.9 Å². The lowest BCUT2D eigenvalue weighted by Gasteiger charge is -2.03. The summed E-state index contributed by atoms with van der Waals surface area (Å²) in [4.78, 5) is 17.1. The number of hydrogen-bond acceptors (Lipinski definition) is 2. The van der Waals surface area contributed by atoms with Crippen molar-refractivity contribution >= 4 is 23.2 Å². The zero-order valence-corrected chi connectivity index (χ0v) is 9.05. The Balaban J connectivity index is 2.18. The zero-order valence-electron chi connectivity index (χ0n) is 8.30. The first-order valence-corrected chi connectivity index (χ1v) is 4.91. The number of aromatic amines is 1. The molecule has 17 heavy (non-hydrogen) atoms. The summed E-state index contributed by atoms with van der Waals surface area (Å²) in [5, 5.41) is 2.59. The van der Waals surface area contributed by atoms with E-state index in [4.69, 9.17) is 11.6 Å². The van der Waals surface area contributed by atoms with Gasteiger partial charge in [-0.2, -0.15) is 13.8 Å². The monoisotopic (exact) mass is 257 g/mol. The largest absolute Gasteiger partial charge is 0.356 e. The first-order chi connectivity index (χ1) is 8.06. The van der Waals surface area contributed by atoms with E-state index in [1.807, 2.05) is 0 Å². The van der Waals surface area contributed by atoms with Crippen molar-refractivity contribution in [1.82, 2.24) is 9.97 Å². The molecule has 0 aromatic carbocycles. The quantitative estimate of drug-likeness (QED) is 0.813. The van der Waals surface area contributed by atoms with Crippen LogP contribution in [0.15, 0.2) is 24.4 Å². The van der Waals surface area contributed by atoms with Gasteiger partial charge in [0.2, 0.25) is 11.9 Å². The molecule has 0 aliphatic rings. The molecule has 2 N–H and O–H groups in total. The molecule has 2 rings (SSSR count). The van der Waals surface area contributed by atoms with Crippen LogP contribution >= 0.6 is 11.6 Å². The lowest BCUT2D eigenvalue weighted by Crippen LogP contribution is -2.14. The van der Waals surface area contributed by atoms with E-state index >= 15 is 0 Å². The summed E-state index contributed by atoms with van der Waals surface area (Å²) >= 11 is 5.61. The summed E-state index contributed by atoms with van der Waals surface area (Å²) in [5.74, 6) is -2.64. The van der Waals surface area contributed by atoms with Gasteiger partial charge in [0.1, 0.15) is 5.69 Å². The predicted molar refractivity (Wildman–Crippen MR) is 57.9 cm³/mol. The number of hydrogen-bond donors (Lipinski definition) is 2. The molecule has 0 aliphatic carbocycles. The number of nitrogens with one attached hydrogen (secondary N) is 2. The van der Waals surface area contributed by atoms with E-state index in [9.17, 15) is 13.6 Å². The van der Waals surface area contributed by atoms with Crippen molar-refractivity contribution in [3.05, 3.63) is 47.0 Å². The highest BCUT2D eigenvalue weighted by Crippen LogP contribution is 2.14. The molecule has 0 saturated carbocycles. The van der Waals surface area contributed by atoms with Crippen LogP contribution in [0.4, 0.5) is 14.5 Å². The van der Waals surface area contributed by atoms with Gasteiger partial charge in [-0.1, -0.05) is 11.6 Å². The average Bonchev–Trinajstić information content (AvgIpc) is 2.69. The van der Waals surface area contributed by atoms with Crippen molar-refractivity contribution in [3.63, 3.8) is 0 Å². The highest BCUT2D eigenvalue weighted by molar-refractivity contribution is 6.31. The summed E-state index contributed by atoms with van der Waals surface area (Å²) in [6.07, 6.45) is 1.41. The van der Waals surface area contributed by atoms with Gasteiger partial charge in [0, 0.05) is 6.20 Å². The van der Waals surface area contributed by atoms with Crippen molar-refractivity contribution < 1.29 is 13.6 Å². The van der Waals surface area contributed by atoms with Gasteiger partial charge in [0.15, 0.2) is 0 Å². The van der Waals surface area contributed by atoms with Crippen LogP contribution in [0.5, 0.6) is 0 Å². The summed E-state index contributed by atoms with van der Waals surface area (Å²) in [6.45, 7) is 0. The Kier molecular flexibility index (Phi) is 3.06. The van der Waals surface area contributed by atoms with Crippen molar-refractivity contribution in [1.29, 1.82) is 0 Å². The lowest BCUT2D eigenvalue weighted by atomic mass is 10.3. The Hall–Kier alpha value is -1.95. The van der Waals surface area contributed by atoms with Gasteiger partial charge >= 0.3 is 0 Å². The molecular weight excluding hydrogens is 252 g/mol. The van der Waals surface area contributed by atoms with Crippen molar-refractivity contribution in [3.8, 4) is 0 Å². The third-order valence-electron chi connectivity index (χ3n) is 1.96. The summed E-state index contributed by atoms with van der Waals surface area (Å²) < 4.78 is 25.7. The highest BCUT2D eigenvalue weighted by Gasteiger charge is 2.12. The standard InChI is InChI=1S/C10H6ClF2N3O/c11-5-3-7(14-4-5)10(17)15-6-1-2-8(12)16-9(6)13/h1-4,14H,(H,15,17). The summed E-state index contributed by atoms with van der Waals surface area (Å²) in [7, 11) is 0. The van der Waals surface area contributed by atoms with Gasteiger partial charge in [-0.05, 0) is 18.2 Å². The number of amides is 1. The van der Waals surface area contributed by atoms with Crippen LogP contribution in [0.25, 0.3) is 0 Å². The molecule has 2 heterocycles. The van der Waals surface area contributed by atoms with Crippen LogP contribution < -0.4 is 5.32 Å². The molecule has 88 valence electrons. The number of rotatable bonds is 2. The molecule has 0 fully saturated rings. The Bertz CT molecular complexity index is 570. The number of H-pyrrole nitrogens is 1. The number of carbonyl (C=O) groups excluding carboxylic acids is 1. The predicted octanol–water partition coefficient (Wildman–Crippen LogP) is 2.59. The Morgan fingerprint density at radius 2 is 2.18 bits per heavy atom. The van der Waals surface area contributed by atoms with Crippen LogP contribution in [0.1, 0.15) is 10.5 Å². The van der Waals surface area contributed by atoms with Crippen molar-refractivity contribution in [2.75, 3.05) is 5.32 Å². The van der Waals surface area contributed by atoms with Gasteiger partial charge in [0.05, 0.1) is 10.7 Å². The highest BCUT2D eigenvalue weighted by atomic mass is 35.5. The van der Waals surface area contributed by atoms with E-state index in [0.717, 1.165) is 12.1 Å². The van der Waals surface area contributed by atoms with Crippen molar-refractivity contribution in [2.45, 2.75) is 0 Å². The Labute approximate surface area is 99.6 Å². The number of halogens is 3. The fraction of sp³-hybridized carbons (Fsp3) is 0. The molecule has 4 nitrogen and oxygen atoms in total. The molecule has 0 unspecified atom stereocenters. The van der Waals surface area contributed by atoms with Gasteiger partial charge in [-0.3, -0.25) is 4.79 Å². The maximum Gasteiger partial charge on any atom is 0.272 e. The topological polar surface area (TPSA) is 57.8 Å². The zero-order chi connectivity index (χ0) is 12.4. The van der Waals surface area contributed by atoms with Gasteiger partial charge in [0.25, 0.3) is 5.91 Å². The molecule has 1 amide bonds. The first-order valence-electron chi connectivity index (χ1n) is 4.53. The van der Waals surface area contributed by atoms with Gasteiger partial charge in [-0.15, -0.1) is 0 Å².